The second-order valence-corrected chi connectivity index (χ2v) is 5.81. The predicted octanol–water partition coefficient (Wildman–Crippen LogP) is 4.92. The minimum absolute atomic E-state index is 0.164. The molecule has 4 heteroatoms. The summed E-state index contributed by atoms with van der Waals surface area (Å²) in [6.45, 7) is 2.14. The molecule has 0 amide bonds. The van der Waals surface area contributed by atoms with Crippen LogP contribution in [0.15, 0.2) is 24.3 Å². The van der Waals surface area contributed by atoms with Crippen LogP contribution >= 0.6 is 0 Å². The van der Waals surface area contributed by atoms with E-state index in [1.807, 2.05) is 0 Å². The number of nitrogens with two attached hydrogens (primary N) is 1. The number of hydrogen-bond donors (Lipinski definition) is 1. The smallest absolute Gasteiger partial charge is 0.324 e. The van der Waals surface area contributed by atoms with Crippen molar-refractivity contribution < 1.29 is 13.2 Å². The summed E-state index contributed by atoms with van der Waals surface area (Å²) in [5, 5.41) is 0. The minimum Gasteiger partial charge on any atom is -0.324 e. The van der Waals surface area contributed by atoms with Crippen molar-refractivity contribution in [1.29, 1.82) is 0 Å². The summed E-state index contributed by atoms with van der Waals surface area (Å²) in [6, 6.07) is 5.22. The van der Waals surface area contributed by atoms with Crippen LogP contribution in [0.2, 0.25) is 0 Å². The highest BCUT2D eigenvalue weighted by molar-refractivity contribution is 5.32. The SMILES string of the molecule is CCC1CCCC(C(N)c2ccccc2C(F)(F)F)C1. The van der Waals surface area contributed by atoms with Gasteiger partial charge in [-0.15, -0.1) is 0 Å². The molecule has 1 aromatic carbocycles. The lowest BCUT2D eigenvalue weighted by atomic mass is 9.75. The number of rotatable bonds is 3. The molecule has 1 fully saturated rings. The highest BCUT2D eigenvalue weighted by atomic mass is 19.4. The summed E-state index contributed by atoms with van der Waals surface area (Å²) in [5.41, 5.74) is 5.86. The van der Waals surface area contributed by atoms with Gasteiger partial charge in [0.25, 0.3) is 0 Å². The average molecular weight is 285 g/mol. The fourth-order valence-corrected chi connectivity index (χ4v) is 3.33. The van der Waals surface area contributed by atoms with Crippen LogP contribution in [-0.4, -0.2) is 0 Å². The van der Waals surface area contributed by atoms with Crippen LogP contribution in [0, 0.1) is 11.8 Å². The van der Waals surface area contributed by atoms with Crippen molar-refractivity contribution in [2.24, 2.45) is 17.6 Å². The Kier molecular flexibility index (Phi) is 4.74. The van der Waals surface area contributed by atoms with Gasteiger partial charge in [-0.25, -0.2) is 0 Å². The second kappa shape index (κ2) is 6.17. The molecule has 112 valence electrons. The highest BCUT2D eigenvalue weighted by Crippen LogP contribution is 2.41. The molecule has 0 heterocycles. The molecule has 0 aromatic heterocycles. The third-order valence-corrected chi connectivity index (χ3v) is 4.53. The Morgan fingerprint density at radius 2 is 1.95 bits per heavy atom. The molecule has 0 saturated heterocycles. The van der Waals surface area contributed by atoms with Crippen LogP contribution < -0.4 is 5.73 Å². The number of alkyl halides is 3. The molecule has 1 saturated carbocycles. The first-order valence-electron chi connectivity index (χ1n) is 7.35. The largest absolute Gasteiger partial charge is 0.416 e. The summed E-state index contributed by atoms with van der Waals surface area (Å²) in [7, 11) is 0. The van der Waals surface area contributed by atoms with Crippen molar-refractivity contribution in [1.82, 2.24) is 0 Å². The number of halogens is 3. The van der Waals surface area contributed by atoms with Crippen molar-refractivity contribution in [3.05, 3.63) is 35.4 Å². The first-order valence-corrected chi connectivity index (χ1v) is 7.35. The first kappa shape index (κ1) is 15.4. The molecule has 0 radical (unpaired) electrons. The Morgan fingerprint density at radius 1 is 1.25 bits per heavy atom. The van der Waals surface area contributed by atoms with E-state index in [1.165, 1.54) is 18.6 Å². The lowest BCUT2D eigenvalue weighted by molar-refractivity contribution is -0.138. The van der Waals surface area contributed by atoms with E-state index in [1.54, 1.807) is 6.07 Å². The van der Waals surface area contributed by atoms with Gasteiger partial charge in [0.2, 0.25) is 0 Å². The molecule has 0 bridgehead atoms. The molecule has 3 unspecified atom stereocenters. The fourth-order valence-electron chi connectivity index (χ4n) is 3.33. The van der Waals surface area contributed by atoms with Crippen molar-refractivity contribution >= 4 is 0 Å². The van der Waals surface area contributed by atoms with Gasteiger partial charge >= 0.3 is 6.18 Å². The summed E-state index contributed by atoms with van der Waals surface area (Å²) in [6.07, 6.45) is 0.899. The minimum atomic E-state index is -4.33. The van der Waals surface area contributed by atoms with Crippen molar-refractivity contribution in [2.45, 2.75) is 51.2 Å². The maximum Gasteiger partial charge on any atom is 0.416 e. The molecule has 1 aliphatic carbocycles. The Labute approximate surface area is 118 Å². The van der Waals surface area contributed by atoms with Crippen LogP contribution in [-0.2, 0) is 6.18 Å². The molecular weight excluding hydrogens is 263 g/mol. The van der Waals surface area contributed by atoms with Crippen LogP contribution in [0.3, 0.4) is 0 Å². The van der Waals surface area contributed by atoms with Gasteiger partial charge in [0, 0.05) is 6.04 Å². The average Bonchev–Trinajstić information content (AvgIpc) is 2.45. The molecule has 0 aliphatic heterocycles. The lowest BCUT2D eigenvalue weighted by Crippen LogP contribution is -2.28. The second-order valence-electron chi connectivity index (χ2n) is 5.81. The van der Waals surface area contributed by atoms with Crippen molar-refractivity contribution in [3.8, 4) is 0 Å². The maximum atomic E-state index is 13.1. The molecule has 2 rings (SSSR count). The van der Waals surface area contributed by atoms with E-state index in [9.17, 15) is 13.2 Å². The molecule has 20 heavy (non-hydrogen) atoms. The van der Waals surface area contributed by atoms with Gasteiger partial charge in [-0.05, 0) is 36.3 Å². The van der Waals surface area contributed by atoms with Gasteiger partial charge in [-0.3, -0.25) is 0 Å². The molecule has 1 nitrogen and oxygen atoms in total. The zero-order chi connectivity index (χ0) is 14.8. The highest BCUT2D eigenvalue weighted by Gasteiger charge is 2.36. The predicted molar refractivity (Wildman–Crippen MR) is 74.1 cm³/mol. The van der Waals surface area contributed by atoms with Gasteiger partial charge in [0.05, 0.1) is 5.56 Å². The number of hydrogen-bond acceptors (Lipinski definition) is 1. The monoisotopic (exact) mass is 285 g/mol. The maximum absolute atomic E-state index is 13.1. The summed E-state index contributed by atoms with van der Waals surface area (Å²) in [4.78, 5) is 0. The summed E-state index contributed by atoms with van der Waals surface area (Å²) >= 11 is 0. The molecular formula is C16H22F3N. The topological polar surface area (TPSA) is 26.0 Å². The quantitative estimate of drug-likeness (QED) is 0.838. The van der Waals surface area contributed by atoms with E-state index >= 15 is 0 Å². The number of benzene rings is 1. The standard InChI is InChI=1S/C16H22F3N/c1-2-11-6-5-7-12(10-11)15(20)13-8-3-4-9-14(13)16(17,18)19/h3-4,8-9,11-12,15H,2,5-7,10,20H2,1H3. The normalized spacial score (nSPS) is 25.4. The molecule has 0 spiro atoms. The summed E-state index contributed by atoms with van der Waals surface area (Å²) in [5.74, 6) is 0.773. The zero-order valence-corrected chi connectivity index (χ0v) is 11.8. The van der Waals surface area contributed by atoms with Crippen molar-refractivity contribution in [2.75, 3.05) is 0 Å². The van der Waals surface area contributed by atoms with Gasteiger partial charge in [0.15, 0.2) is 0 Å². The third-order valence-electron chi connectivity index (χ3n) is 4.53. The fraction of sp³-hybridized carbons (Fsp3) is 0.625. The van der Waals surface area contributed by atoms with Crippen LogP contribution in [0.25, 0.3) is 0 Å². The van der Waals surface area contributed by atoms with Crippen LogP contribution in [0.1, 0.15) is 56.2 Å². The van der Waals surface area contributed by atoms with E-state index < -0.39 is 17.8 Å². The Bertz CT molecular complexity index is 442. The zero-order valence-electron chi connectivity index (χ0n) is 11.8. The molecule has 1 aliphatic rings. The first-order chi connectivity index (χ1) is 9.43. The van der Waals surface area contributed by atoms with E-state index in [0.29, 0.717) is 5.92 Å². The summed E-state index contributed by atoms with van der Waals surface area (Å²) < 4.78 is 39.2. The van der Waals surface area contributed by atoms with Gasteiger partial charge in [-0.1, -0.05) is 44.4 Å². The van der Waals surface area contributed by atoms with E-state index in [-0.39, 0.29) is 11.5 Å². The third kappa shape index (κ3) is 3.35. The van der Waals surface area contributed by atoms with E-state index in [0.717, 1.165) is 31.7 Å². The van der Waals surface area contributed by atoms with Crippen LogP contribution in [0.4, 0.5) is 13.2 Å². The molecule has 1 aromatic rings. The van der Waals surface area contributed by atoms with Gasteiger partial charge in [-0.2, -0.15) is 13.2 Å². The lowest BCUT2D eigenvalue weighted by Gasteiger charge is -2.33. The molecule has 2 N–H and O–H groups in total. The van der Waals surface area contributed by atoms with E-state index in [4.69, 9.17) is 5.73 Å². The Hall–Kier alpha value is -1.03. The van der Waals surface area contributed by atoms with Gasteiger partial charge in [0.1, 0.15) is 0 Å². The van der Waals surface area contributed by atoms with Crippen LogP contribution in [0.5, 0.6) is 0 Å². The van der Waals surface area contributed by atoms with Crippen molar-refractivity contribution in [3.63, 3.8) is 0 Å². The Morgan fingerprint density at radius 3 is 2.60 bits per heavy atom. The van der Waals surface area contributed by atoms with E-state index in [2.05, 4.69) is 6.92 Å². The molecule has 3 atom stereocenters. The van der Waals surface area contributed by atoms with Gasteiger partial charge < -0.3 is 5.73 Å². The Balaban J connectivity index is 2.23.